The number of unbranched alkanes of at least 4 members (excludes halogenated alkanes) is 2. The Bertz CT molecular complexity index is 273. The average Bonchev–Trinajstić information content (AvgIpc) is 2.22. The molecule has 0 radical (unpaired) electrons. The zero-order valence-electron chi connectivity index (χ0n) is 9.37. The molecule has 84 valence electrons. The Morgan fingerprint density at radius 1 is 1.20 bits per heavy atom. The van der Waals surface area contributed by atoms with Gasteiger partial charge in [0.2, 0.25) is 0 Å². The summed E-state index contributed by atoms with van der Waals surface area (Å²) >= 11 is 3.61. The van der Waals surface area contributed by atoms with Crippen LogP contribution in [0.3, 0.4) is 0 Å². The molecule has 3 heteroatoms. The van der Waals surface area contributed by atoms with Crippen LogP contribution in [0.25, 0.3) is 0 Å². The second kappa shape index (κ2) is 7.24. The van der Waals surface area contributed by atoms with Gasteiger partial charge in [-0.1, -0.05) is 37.5 Å². The summed E-state index contributed by atoms with van der Waals surface area (Å²) in [5, 5.41) is 0. The van der Waals surface area contributed by atoms with E-state index < -0.39 is 6.85 Å². The smallest absolute Gasteiger partial charge is 0.157 e. The van der Waals surface area contributed by atoms with Crippen LogP contribution in [0.5, 0.6) is 5.75 Å². The minimum absolute atomic E-state index is 0.466. The van der Waals surface area contributed by atoms with Gasteiger partial charge in [-0.05, 0) is 41.0 Å². The van der Waals surface area contributed by atoms with Gasteiger partial charge in [0.25, 0.3) is 0 Å². The van der Waals surface area contributed by atoms with Crippen LogP contribution in [-0.4, -0.2) is 6.16 Å². The second-order valence-electron chi connectivity index (χ2n) is 3.65. The van der Waals surface area contributed by atoms with E-state index in [2.05, 4.69) is 41.5 Å². The minimum atomic E-state index is -0.466. The van der Waals surface area contributed by atoms with Gasteiger partial charge < -0.3 is 4.52 Å². The van der Waals surface area contributed by atoms with E-state index in [1.807, 2.05) is 12.1 Å². The van der Waals surface area contributed by atoms with E-state index in [-0.39, 0.29) is 0 Å². The largest absolute Gasteiger partial charge is 0.463 e. The van der Waals surface area contributed by atoms with E-state index in [0.717, 1.165) is 11.9 Å². The topological polar surface area (TPSA) is 9.23 Å². The predicted octanol–water partition coefficient (Wildman–Crippen LogP) is 5.27. The standard InChI is InChI=1S/C12H18BrOP/c1-3-4-5-10-15(13)14-12-8-6-11(2)7-9-12/h6-9H,3-5,10H2,1-2H3. The van der Waals surface area contributed by atoms with Gasteiger partial charge >= 0.3 is 0 Å². The highest BCUT2D eigenvalue weighted by molar-refractivity contribution is 9.38. The third kappa shape index (κ3) is 5.53. The first-order chi connectivity index (χ1) is 7.22. The van der Waals surface area contributed by atoms with Crippen molar-refractivity contribution in [1.82, 2.24) is 0 Å². The number of halogens is 1. The molecule has 0 saturated heterocycles. The molecule has 1 aromatic carbocycles. The number of hydrogen-bond donors (Lipinski definition) is 0. The first-order valence-electron chi connectivity index (χ1n) is 5.40. The minimum Gasteiger partial charge on any atom is -0.463 e. The van der Waals surface area contributed by atoms with Gasteiger partial charge in [0.05, 0.1) is 0 Å². The summed E-state index contributed by atoms with van der Waals surface area (Å²) in [5.74, 6) is 0.972. The van der Waals surface area contributed by atoms with Crippen molar-refractivity contribution < 1.29 is 4.52 Å². The summed E-state index contributed by atoms with van der Waals surface area (Å²) in [4.78, 5) is 0. The van der Waals surface area contributed by atoms with Crippen molar-refractivity contribution in [2.24, 2.45) is 0 Å². The number of rotatable bonds is 6. The monoisotopic (exact) mass is 288 g/mol. The van der Waals surface area contributed by atoms with Gasteiger partial charge in [-0.2, -0.15) is 0 Å². The van der Waals surface area contributed by atoms with Gasteiger partial charge in [0.15, 0.2) is 6.85 Å². The molecular formula is C12H18BrOP. The summed E-state index contributed by atoms with van der Waals surface area (Å²) in [5.41, 5.74) is 1.27. The zero-order chi connectivity index (χ0) is 11.1. The van der Waals surface area contributed by atoms with Crippen LogP contribution in [-0.2, 0) is 0 Å². The number of aryl methyl sites for hydroxylation is 1. The van der Waals surface area contributed by atoms with Crippen molar-refractivity contribution >= 4 is 22.3 Å². The SMILES string of the molecule is CCCCCP(Br)Oc1ccc(C)cc1. The fourth-order valence-corrected chi connectivity index (χ4v) is 3.41. The molecule has 1 aromatic rings. The summed E-state index contributed by atoms with van der Waals surface area (Å²) in [6, 6.07) is 8.23. The molecule has 0 fully saturated rings. The van der Waals surface area contributed by atoms with Gasteiger partial charge in [-0.25, -0.2) is 0 Å². The van der Waals surface area contributed by atoms with E-state index in [4.69, 9.17) is 4.52 Å². The molecule has 0 N–H and O–H groups in total. The fourth-order valence-electron chi connectivity index (χ4n) is 1.25. The maximum Gasteiger partial charge on any atom is 0.157 e. The van der Waals surface area contributed by atoms with Crippen LogP contribution >= 0.6 is 22.3 Å². The molecule has 1 nitrogen and oxygen atoms in total. The molecule has 1 atom stereocenters. The van der Waals surface area contributed by atoms with Gasteiger partial charge in [0, 0.05) is 6.16 Å². The lowest BCUT2D eigenvalue weighted by molar-refractivity contribution is 0.621. The fraction of sp³-hybridized carbons (Fsp3) is 0.500. The lowest BCUT2D eigenvalue weighted by atomic mass is 10.2. The predicted molar refractivity (Wildman–Crippen MR) is 72.0 cm³/mol. The number of benzene rings is 1. The van der Waals surface area contributed by atoms with E-state index in [0.29, 0.717) is 0 Å². The van der Waals surface area contributed by atoms with Crippen LogP contribution in [0.15, 0.2) is 24.3 Å². The highest BCUT2D eigenvalue weighted by Gasteiger charge is 2.05. The third-order valence-electron chi connectivity index (χ3n) is 2.16. The van der Waals surface area contributed by atoms with Crippen LogP contribution in [0.2, 0.25) is 0 Å². The Labute approximate surface area is 102 Å². The zero-order valence-corrected chi connectivity index (χ0v) is 11.9. The van der Waals surface area contributed by atoms with Gasteiger partial charge in [-0.15, -0.1) is 0 Å². The quantitative estimate of drug-likeness (QED) is 0.512. The normalized spacial score (nSPS) is 12.5. The van der Waals surface area contributed by atoms with E-state index in [9.17, 15) is 0 Å². The molecule has 0 heterocycles. The maximum absolute atomic E-state index is 5.80. The first-order valence-corrected chi connectivity index (χ1v) is 8.86. The van der Waals surface area contributed by atoms with Crippen molar-refractivity contribution in [1.29, 1.82) is 0 Å². The Morgan fingerprint density at radius 3 is 2.47 bits per heavy atom. The Kier molecular flexibility index (Phi) is 6.28. The third-order valence-corrected chi connectivity index (χ3v) is 4.74. The molecular weight excluding hydrogens is 271 g/mol. The molecule has 0 aromatic heterocycles. The lowest BCUT2D eigenvalue weighted by Crippen LogP contribution is -1.88. The molecule has 1 rings (SSSR count). The molecule has 0 spiro atoms. The van der Waals surface area contributed by atoms with Crippen LogP contribution in [0, 0.1) is 6.92 Å². The molecule has 0 aliphatic rings. The van der Waals surface area contributed by atoms with Crippen molar-refractivity contribution in [3.05, 3.63) is 29.8 Å². The molecule has 0 aliphatic heterocycles. The van der Waals surface area contributed by atoms with E-state index in [1.165, 1.54) is 24.8 Å². The van der Waals surface area contributed by atoms with Crippen molar-refractivity contribution in [3.8, 4) is 5.75 Å². The maximum atomic E-state index is 5.80. The molecule has 0 bridgehead atoms. The Morgan fingerprint density at radius 2 is 1.87 bits per heavy atom. The number of hydrogen-bond acceptors (Lipinski definition) is 1. The van der Waals surface area contributed by atoms with Crippen molar-refractivity contribution in [2.75, 3.05) is 6.16 Å². The van der Waals surface area contributed by atoms with Crippen molar-refractivity contribution in [2.45, 2.75) is 33.1 Å². The van der Waals surface area contributed by atoms with E-state index in [1.54, 1.807) is 0 Å². The summed E-state index contributed by atoms with van der Waals surface area (Å²) in [6.07, 6.45) is 4.94. The Balaban J connectivity index is 2.31. The summed E-state index contributed by atoms with van der Waals surface area (Å²) < 4.78 is 5.80. The first kappa shape index (κ1) is 13.0. The summed E-state index contributed by atoms with van der Waals surface area (Å²) in [6.45, 7) is 3.84. The van der Waals surface area contributed by atoms with Crippen LogP contribution < -0.4 is 4.52 Å². The van der Waals surface area contributed by atoms with Crippen molar-refractivity contribution in [3.63, 3.8) is 0 Å². The molecule has 1 unspecified atom stereocenters. The van der Waals surface area contributed by atoms with Gasteiger partial charge in [-0.3, -0.25) is 0 Å². The molecule has 15 heavy (non-hydrogen) atoms. The van der Waals surface area contributed by atoms with Crippen LogP contribution in [0.4, 0.5) is 0 Å². The highest BCUT2D eigenvalue weighted by Crippen LogP contribution is 2.46. The second-order valence-corrected chi connectivity index (χ2v) is 7.29. The van der Waals surface area contributed by atoms with Crippen LogP contribution in [0.1, 0.15) is 31.7 Å². The van der Waals surface area contributed by atoms with E-state index >= 15 is 0 Å². The van der Waals surface area contributed by atoms with Gasteiger partial charge in [0.1, 0.15) is 5.75 Å². The average molecular weight is 289 g/mol. The highest BCUT2D eigenvalue weighted by atomic mass is 79.9. The Hall–Kier alpha value is -0.0700. The molecule has 0 aliphatic carbocycles. The molecule has 0 saturated carbocycles. The summed E-state index contributed by atoms with van der Waals surface area (Å²) in [7, 11) is 0. The lowest BCUT2D eigenvalue weighted by Gasteiger charge is -2.11. The molecule has 0 amide bonds.